The molecule has 0 N–H and O–H groups in total. The van der Waals surface area contributed by atoms with Crippen LogP contribution in [0.5, 0.6) is 0 Å². The van der Waals surface area contributed by atoms with Gasteiger partial charge in [-0.1, -0.05) is 182 Å². The zero-order valence-corrected chi connectivity index (χ0v) is 33.4. The Morgan fingerprint density at radius 3 is 1.05 bits per heavy atom. The summed E-state index contributed by atoms with van der Waals surface area (Å²) in [6, 6.07) is 74.1. The molecule has 2 aromatic heterocycles. The van der Waals surface area contributed by atoms with Crippen LogP contribution in [-0.4, -0.2) is 24.9 Å². The van der Waals surface area contributed by atoms with E-state index in [-0.39, 0.29) is 0 Å². The van der Waals surface area contributed by atoms with Gasteiger partial charge in [0.2, 0.25) is 0 Å². The van der Waals surface area contributed by atoms with E-state index in [4.69, 9.17) is 24.9 Å². The van der Waals surface area contributed by atoms with E-state index in [1.807, 2.05) is 12.1 Å². The van der Waals surface area contributed by atoms with E-state index >= 15 is 0 Å². The van der Waals surface area contributed by atoms with E-state index in [0.717, 1.165) is 87.9 Å². The van der Waals surface area contributed by atoms with Crippen LogP contribution in [0.3, 0.4) is 0 Å². The van der Waals surface area contributed by atoms with Crippen molar-refractivity contribution in [3.8, 4) is 68.1 Å². The van der Waals surface area contributed by atoms with Gasteiger partial charge in [-0.3, -0.25) is 0 Å². The second kappa shape index (κ2) is 14.7. The monoisotopic (exact) mass is 789 g/mol. The SMILES string of the molecule is c1ccc(-c2cc(-c3ccccc3)nc(-c3cc4c5ccccc5c(-c5nc(-c6ccc7ccccc7c6)nc(-c6ccc7ccccc7c6)n5)cc4c4ccccc34)n2)cc1. The molecule has 10 aromatic carbocycles. The molecule has 0 bridgehead atoms. The zero-order valence-electron chi connectivity index (χ0n) is 33.4. The van der Waals surface area contributed by atoms with Crippen LogP contribution in [0.25, 0.3) is 122 Å². The van der Waals surface area contributed by atoms with E-state index in [2.05, 4.69) is 200 Å². The standard InChI is InChI=1S/C57H35N5/c1-3-17-38(18-4-1)52-35-53(39-19-5-2-6-20-39)59-56(58-52)50-33-48-45-24-12-14-26-47(45)51(34-49(48)44-23-11-13-25-46(44)50)57-61-54(42-29-27-36-15-7-9-21-40(36)31-42)60-55(62-57)43-30-28-37-16-8-10-22-41(37)32-43/h1-35H. The lowest BCUT2D eigenvalue weighted by Crippen LogP contribution is -2.01. The van der Waals surface area contributed by atoms with Crippen LogP contribution in [0.2, 0.25) is 0 Å². The van der Waals surface area contributed by atoms with Crippen molar-refractivity contribution >= 4 is 53.9 Å². The highest BCUT2D eigenvalue weighted by molar-refractivity contribution is 6.23. The van der Waals surface area contributed by atoms with Gasteiger partial charge in [0.1, 0.15) is 0 Å². The number of fused-ring (bicyclic) bond motifs is 7. The molecule has 0 saturated heterocycles. The molecule has 0 aliphatic carbocycles. The Hall–Kier alpha value is -8.41. The Bertz CT molecular complexity index is 3540. The number of benzene rings is 10. The lowest BCUT2D eigenvalue weighted by Gasteiger charge is -2.16. The Labute approximate surface area is 357 Å². The average Bonchev–Trinajstić information content (AvgIpc) is 3.35. The van der Waals surface area contributed by atoms with Crippen molar-refractivity contribution in [2.24, 2.45) is 0 Å². The maximum atomic E-state index is 5.31. The fourth-order valence-corrected chi connectivity index (χ4v) is 8.81. The third kappa shape index (κ3) is 6.23. The summed E-state index contributed by atoms with van der Waals surface area (Å²) in [4.78, 5) is 26.3. The minimum atomic E-state index is 0.615. The molecule has 0 atom stereocenters. The highest BCUT2D eigenvalue weighted by Crippen LogP contribution is 2.42. The summed E-state index contributed by atoms with van der Waals surface area (Å²) in [5.74, 6) is 2.54. The van der Waals surface area contributed by atoms with E-state index in [1.165, 1.54) is 10.8 Å². The first kappa shape index (κ1) is 35.5. The van der Waals surface area contributed by atoms with Crippen molar-refractivity contribution in [3.63, 3.8) is 0 Å². The van der Waals surface area contributed by atoms with Crippen LogP contribution >= 0.6 is 0 Å². The Morgan fingerprint density at radius 1 is 0.210 bits per heavy atom. The summed E-state index contributed by atoms with van der Waals surface area (Å²) >= 11 is 0. The molecule has 0 spiro atoms. The fraction of sp³-hybridized carbons (Fsp3) is 0. The van der Waals surface area contributed by atoms with Crippen molar-refractivity contribution in [2.75, 3.05) is 0 Å². The molecule has 2 heterocycles. The van der Waals surface area contributed by atoms with Gasteiger partial charge in [0.05, 0.1) is 11.4 Å². The number of rotatable bonds is 6. The largest absolute Gasteiger partial charge is 0.228 e. The maximum Gasteiger partial charge on any atom is 0.164 e. The minimum Gasteiger partial charge on any atom is -0.228 e. The summed E-state index contributed by atoms with van der Waals surface area (Å²) in [7, 11) is 0. The molecule has 12 rings (SSSR count). The summed E-state index contributed by atoms with van der Waals surface area (Å²) in [5, 5.41) is 11.1. The number of nitrogens with zero attached hydrogens (tertiary/aromatic N) is 5. The summed E-state index contributed by atoms with van der Waals surface area (Å²) < 4.78 is 0. The number of aromatic nitrogens is 5. The summed E-state index contributed by atoms with van der Waals surface area (Å²) in [6.45, 7) is 0. The topological polar surface area (TPSA) is 64.5 Å². The molecular formula is C57H35N5. The quantitative estimate of drug-likeness (QED) is 0.157. The van der Waals surface area contributed by atoms with Gasteiger partial charge in [-0.2, -0.15) is 0 Å². The van der Waals surface area contributed by atoms with Crippen LogP contribution in [-0.2, 0) is 0 Å². The Balaban J connectivity index is 1.11. The molecule has 5 nitrogen and oxygen atoms in total. The molecule has 62 heavy (non-hydrogen) atoms. The molecule has 0 aliphatic heterocycles. The maximum absolute atomic E-state index is 5.31. The van der Waals surface area contributed by atoms with E-state index in [0.29, 0.717) is 23.3 Å². The van der Waals surface area contributed by atoms with Gasteiger partial charge < -0.3 is 0 Å². The van der Waals surface area contributed by atoms with Crippen molar-refractivity contribution in [3.05, 3.63) is 212 Å². The molecule has 0 radical (unpaired) electrons. The van der Waals surface area contributed by atoms with Crippen LogP contribution in [0.1, 0.15) is 0 Å². The van der Waals surface area contributed by atoms with Crippen molar-refractivity contribution in [2.45, 2.75) is 0 Å². The molecule has 5 heteroatoms. The van der Waals surface area contributed by atoms with Crippen LogP contribution in [0.4, 0.5) is 0 Å². The predicted molar refractivity (Wildman–Crippen MR) is 256 cm³/mol. The first-order valence-electron chi connectivity index (χ1n) is 20.8. The van der Waals surface area contributed by atoms with Gasteiger partial charge in [0.25, 0.3) is 0 Å². The highest BCUT2D eigenvalue weighted by atomic mass is 15.0. The molecule has 12 aromatic rings. The summed E-state index contributed by atoms with van der Waals surface area (Å²) in [5.41, 5.74) is 7.60. The second-order valence-corrected chi connectivity index (χ2v) is 15.7. The van der Waals surface area contributed by atoms with E-state index in [1.54, 1.807) is 0 Å². The van der Waals surface area contributed by atoms with Crippen molar-refractivity contribution < 1.29 is 0 Å². The minimum absolute atomic E-state index is 0.615. The van der Waals surface area contributed by atoms with Gasteiger partial charge >= 0.3 is 0 Å². The molecule has 0 unspecified atom stereocenters. The van der Waals surface area contributed by atoms with Gasteiger partial charge in [-0.15, -0.1) is 0 Å². The molecule has 0 saturated carbocycles. The molecule has 288 valence electrons. The van der Waals surface area contributed by atoms with Gasteiger partial charge in [0.15, 0.2) is 23.3 Å². The third-order valence-electron chi connectivity index (χ3n) is 11.9. The van der Waals surface area contributed by atoms with Crippen LogP contribution in [0, 0.1) is 0 Å². The normalized spacial score (nSPS) is 11.5. The lowest BCUT2D eigenvalue weighted by atomic mass is 9.90. The number of hydrogen-bond donors (Lipinski definition) is 0. The van der Waals surface area contributed by atoms with Gasteiger partial charge in [0, 0.05) is 33.4 Å². The van der Waals surface area contributed by atoms with Crippen molar-refractivity contribution in [1.29, 1.82) is 0 Å². The molecular weight excluding hydrogens is 755 g/mol. The van der Waals surface area contributed by atoms with Crippen molar-refractivity contribution in [1.82, 2.24) is 24.9 Å². The predicted octanol–water partition coefficient (Wildman–Crippen LogP) is 14.4. The zero-order chi connectivity index (χ0) is 41.0. The van der Waals surface area contributed by atoms with Crippen LogP contribution < -0.4 is 0 Å². The molecule has 0 fully saturated rings. The first-order valence-corrected chi connectivity index (χ1v) is 20.8. The highest BCUT2D eigenvalue weighted by Gasteiger charge is 2.20. The third-order valence-corrected chi connectivity index (χ3v) is 11.9. The first-order chi connectivity index (χ1) is 30.7. The Kier molecular flexibility index (Phi) is 8.42. The van der Waals surface area contributed by atoms with E-state index in [9.17, 15) is 0 Å². The lowest BCUT2D eigenvalue weighted by molar-refractivity contribution is 1.08. The second-order valence-electron chi connectivity index (χ2n) is 15.7. The average molecular weight is 790 g/mol. The van der Waals surface area contributed by atoms with Crippen LogP contribution in [0.15, 0.2) is 212 Å². The molecule has 0 aliphatic rings. The van der Waals surface area contributed by atoms with Gasteiger partial charge in [-0.25, -0.2) is 24.9 Å². The fourth-order valence-electron chi connectivity index (χ4n) is 8.81. The van der Waals surface area contributed by atoms with Gasteiger partial charge in [-0.05, 0) is 84.2 Å². The Morgan fingerprint density at radius 2 is 0.581 bits per heavy atom. The number of hydrogen-bond acceptors (Lipinski definition) is 5. The van der Waals surface area contributed by atoms with E-state index < -0.39 is 0 Å². The summed E-state index contributed by atoms with van der Waals surface area (Å²) in [6.07, 6.45) is 0. The smallest absolute Gasteiger partial charge is 0.164 e. The molecule has 0 amide bonds.